The molecule has 11 heteroatoms. The van der Waals surface area contributed by atoms with Crippen LogP contribution >= 0.6 is 0 Å². The Morgan fingerprint density at radius 1 is 0.850 bits per heavy atom. The Bertz CT molecular complexity index is 1790. The maximum atomic E-state index is 12.6. The Morgan fingerprint density at radius 3 is 2.10 bits per heavy atom. The molecule has 2 heterocycles. The summed E-state index contributed by atoms with van der Waals surface area (Å²) < 4.78 is 36.6. The zero-order valence-corrected chi connectivity index (χ0v) is 22.5. The monoisotopic (exact) mass is 555 g/mol. The average Bonchev–Trinajstić information content (AvgIpc) is 3.51. The van der Waals surface area contributed by atoms with Crippen LogP contribution in [0.5, 0.6) is 0 Å². The van der Waals surface area contributed by atoms with Gasteiger partial charge in [-0.25, -0.2) is 8.42 Å². The number of benzene rings is 3. The molecule has 40 heavy (non-hydrogen) atoms. The van der Waals surface area contributed by atoms with Crippen LogP contribution in [0, 0.1) is 6.92 Å². The molecule has 2 N–H and O–H groups in total. The summed E-state index contributed by atoms with van der Waals surface area (Å²) in [7, 11) is -3.61. The number of carbonyl (C=O) groups excluding carboxylic acids is 1. The first-order valence-electron chi connectivity index (χ1n) is 12.6. The van der Waals surface area contributed by atoms with Gasteiger partial charge < -0.3 is 14.3 Å². The highest BCUT2D eigenvalue weighted by molar-refractivity contribution is 7.89. The first-order chi connectivity index (χ1) is 19.2. The highest BCUT2D eigenvalue weighted by Gasteiger charge is 2.52. The third kappa shape index (κ3) is 4.98. The van der Waals surface area contributed by atoms with Crippen molar-refractivity contribution in [1.82, 2.24) is 20.1 Å². The number of nitrogens with zero attached hydrogens (tertiary/aromatic N) is 3. The van der Waals surface area contributed by atoms with Gasteiger partial charge in [-0.3, -0.25) is 9.52 Å². The SMILES string of the molecule is Cc1noc(-c2ccc(-c3ccc(C4(C(=O)NS(C)(=O)=O)CC4)cc3)cc2)c1Nc1nnc(-c2ccccc2)o1. The first kappa shape index (κ1) is 25.5. The minimum atomic E-state index is -3.61. The molecule has 1 fully saturated rings. The quantitative estimate of drug-likeness (QED) is 0.264. The minimum absolute atomic E-state index is 0.224. The summed E-state index contributed by atoms with van der Waals surface area (Å²) >= 11 is 0. The van der Waals surface area contributed by atoms with Crippen molar-refractivity contribution in [2.45, 2.75) is 25.2 Å². The van der Waals surface area contributed by atoms with E-state index in [0.717, 1.165) is 34.1 Å². The van der Waals surface area contributed by atoms with Crippen LogP contribution in [0.25, 0.3) is 33.9 Å². The topological polar surface area (TPSA) is 140 Å². The molecule has 1 saturated carbocycles. The van der Waals surface area contributed by atoms with E-state index in [1.54, 1.807) is 0 Å². The zero-order chi connectivity index (χ0) is 27.9. The smallest absolute Gasteiger partial charge is 0.320 e. The van der Waals surface area contributed by atoms with Crippen molar-refractivity contribution < 1.29 is 22.2 Å². The van der Waals surface area contributed by atoms with E-state index in [9.17, 15) is 13.2 Å². The maximum Gasteiger partial charge on any atom is 0.320 e. The van der Waals surface area contributed by atoms with E-state index in [1.807, 2.05) is 85.8 Å². The second-order valence-electron chi connectivity index (χ2n) is 9.82. The standard InChI is InChI=1S/C29H25N5O5S/c1-18-24(30-28-32-31-26(38-28)22-6-4-3-5-7-22)25(39-33-18)21-10-8-19(9-11-21)20-12-14-23(15-13-20)29(16-17-29)27(35)34-40(2,36)37/h3-15H,16-17H2,1-2H3,(H,30,32)(H,34,35). The van der Waals surface area contributed by atoms with Gasteiger partial charge in [-0.15, -0.1) is 5.10 Å². The van der Waals surface area contributed by atoms with Crippen molar-refractivity contribution in [2.24, 2.45) is 0 Å². The van der Waals surface area contributed by atoms with Gasteiger partial charge in [0.1, 0.15) is 11.4 Å². The minimum Gasteiger partial charge on any atom is -0.403 e. The molecule has 1 amide bonds. The van der Waals surface area contributed by atoms with E-state index in [4.69, 9.17) is 8.94 Å². The molecule has 10 nitrogen and oxygen atoms in total. The van der Waals surface area contributed by atoms with Gasteiger partial charge >= 0.3 is 6.01 Å². The second kappa shape index (κ2) is 9.76. The maximum absolute atomic E-state index is 12.6. The molecule has 2 aromatic heterocycles. The van der Waals surface area contributed by atoms with Gasteiger partial charge in [0, 0.05) is 11.1 Å². The summed E-state index contributed by atoms with van der Waals surface area (Å²) in [4.78, 5) is 12.6. The van der Waals surface area contributed by atoms with Crippen LogP contribution in [-0.2, 0) is 20.2 Å². The Morgan fingerprint density at radius 2 is 1.48 bits per heavy atom. The number of aromatic nitrogens is 3. The van der Waals surface area contributed by atoms with Crippen molar-refractivity contribution in [3.63, 3.8) is 0 Å². The van der Waals surface area contributed by atoms with E-state index in [0.29, 0.717) is 35.9 Å². The van der Waals surface area contributed by atoms with Gasteiger partial charge in [0.25, 0.3) is 0 Å². The first-order valence-corrected chi connectivity index (χ1v) is 14.5. The van der Waals surface area contributed by atoms with Crippen molar-refractivity contribution in [1.29, 1.82) is 0 Å². The number of carbonyl (C=O) groups is 1. The van der Waals surface area contributed by atoms with Crippen LogP contribution in [0.2, 0.25) is 0 Å². The molecule has 202 valence electrons. The number of rotatable bonds is 8. The van der Waals surface area contributed by atoms with Crippen LogP contribution < -0.4 is 10.0 Å². The molecule has 1 aliphatic carbocycles. The van der Waals surface area contributed by atoms with Crippen molar-refractivity contribution >= 4 is 27.6 Å². The predicted molar refractivity (Wildman–Crippen MR) is 149 cm³/mol. The van der Waals surface area contributed by atoms with E-state index in [-0.39, 0.29) is 6.01 Å². The lowest BCUT2D eigenvalue weighted by molar-refractivity contribution is -0.121. The number of nitrogens with one attached hydrogen (secondary N) is 2. The Kier molecular flexibility index (Phi) is 6.22. The zero-order valence-electron chi connectivity index (χ0n) is 21.7. The molecule has 5 aromatic rings. The van der Waals surface area contributed by atoms with Gasteiger partial charge in [0.15, 0.2) is 5.76 Å². The van der Waals surface area contributed by atoms with Crippen LogP contribution in [0.1, 0.15) is 24.1 Å². The molecule has 0 aliphatic heterocycles. The molecule has 0 saturated heterocycles. The summed E-state index contributed by atoms with van der Waals surface area (Å²) in [5.74, 6) is 0.458. The molecule has 1 aliphatic rings. The molecule has 0 spiro atoms. The lowest BCUT2D eigenvalue weighted by Gasteiger charge is -2.15. The number of aryl methyl sites for hydroxylation is 1. The van der Waals surface area contributed by atoms with Gasteiger partial charge in [-0.1, -0.05) is 77.0 Å². The Balaban J connectivity index is 1.19. The van der Waals surface area contributed by atoms with Crippen molar-refractivity contribution in [3.05, 3.63) is 90.1 Å². The lowest BCUT2D eigenvalue weighted by Crippen LogP contribution is -2.38. The fourth-order valence-electron chi connectivity index (χ4n) is 4.63. The largest absolute Gasteiger partial charge is 0.403 e. The lowest BCUT2D eigenvalue weighted by atomic mass is 9.93. The molecule has 0 unspecified atom stereocenters. The second-order valence-corrected chi connectivity index (χ2v) is 11.6. The van der Waals surface area contributed by atoms with Crippen molar-refractivity contribution in [3.8, 4) is 33.9 Å². The Hall–Kier alpha value is -4.77. The molecule has 0 atom stereocenters. The summed E-state index contributed by atoms with van der Waals surface area (Å²) in [6.45, 7) is 1.82. The molecular formula is C29H25N5O5S. The van der Waals surface area contributed by atoms with Crippen LogP contribution in [0.15, 0.2) is 87.8 Å². The summed E-state index contributed by atoms with van der Waals surface area (Å²) in [6.07, 6.45) is 2.22. The normalized spacial score (nSPS) is 14.1. The fourth-order valence-corrected chi connectivity index (χ4v) is 5.16. The fraction of sp³-hybridized carbons (Fsp3) is 0.172. The summed E-state index contributed by atoms with van der Waals surface area (Å²) in [5, 5.41) is 15.5. The van der Waals surface area contributed by atoms with Gasteiger partial charge in [-0.2, -0.15) is 0 Å². The van der Waals surface area contributed by atoms with Crippen LogP contribution in [0.4, 0.5) is 11.7 Å². The molecule has 3 aromatic carbocycles. The van der Waals surface area contributed by atoms with E-state index < -0.39 is 21.3 Å². The number of sulfonamides is 1. The highest BCUT2D eigenvalue weighted by Crippen LogP contribution is 2.49. The number of anilines is 2. The predicted octanol–water partition coefficient (Wildman–Crippen LogP) is 5.22. The summed E-state index contributed by atoms with van der Waals surface area (Å²) in [6, 6.07) is 25.2. The number of amides is 1. The van der Waals surface area contributed by atoms with E-state index in [2.05, 4.69) is 25.4 Å². The highest BCUT2D eigenvalue weighted by atomic mass is 32.2. The van der Waals surface area contributed by atoms with Gasteiger partial charge in [-0.05, 0) is 48.6 Å². The van der Waals surface area contributed by atoms with E-state index in [1.165, 1.54) is 0 Å². The molecule has 0 radical (unpaired) electrons. The number of hydrogen-bond acceptors (Lipinski definition) is 9. The Labute approximate surface area is 230 Å². The van der Waals surface area contributed by atoms with Gasteiger partial charge in [0.2, 0.25) is 21.8 Å². The summed E-state index contributed by atoms with van der Waals surface area (Å²) in [5.41, 5.74) is 4.85. The average molecular weight is 556 g/mol. The van der Waals surface area contributed by atoms with E-state index >= 15 is 0 Å². The number of hydrogen-bond donors (Lipinski definition) is 2. The molecule has 6 rings (SSSR count). The third-order valence-corrected chi connectivity index (χ3v) is 7.48. The van der Waals surface area contributed by atoms with Gasteiger partial charge in [0.05, 0.1) is 11.7 Å². The molecular weight excluding hydrogens is 530 g/mol. The molecule has 0 bridgehead atoms. The van der Waals surface area contributed by atoms with Crippen LogP contribution in [0.3, 0.4) is 0 Å². The third-order valence-electron chi connectivity index (χ3n) is 6.92. The van der Waals surface area contributed by atoms with Crippen molar-refractivity contribution in [2.75, 3.05) is 11.6 Å². The van der Waals surface area contributed by atoms with Crippen LogP contribution in [-0.4, -0.2) is 35.9 Å².